The lowest BCUT2D eigenvalue weighted by Gasteiger charge is -2.08. The third-order valence-corrected chi connectivity index (χ3v) is 2.93. The summed E-state index contributed by atoms with van der Waals surface area (Å²) in [6, 6.07) is 14.2. The Morgan fingerprint density at radius 2 is 2.00 bits per heavy atom. The molecule has 3 N–H and O–H groups in total. The second-order valence-corrected chi connectivity index (χ2v) is 4.34. The molecule has 0 aliphatic heterocycles. The number of aromatic amines is 1. The summed E-state index contributed by atoms with van der Waals surface area (Å²) in [6.07, 6.45) is 1.94. The minimum atomic E-state index is 0.837. The van der Waals surface area contributed by atoms with Crippen LogP contribution in [0.5, 0.6) is 0 Å². The molecule has 0 bridgehead atoms. The first kappa shape index (κ1) is 11.6. The van der Waals surface area contributed by atoms with Crippen LogP contribution in [0.1, 0.15) is 6.92 Å². The summed E-state index contributed by atoms with van der Waals surface area (Å²) in [6.45, 7) is 2.92. The molecule has 0 aliphatic rings. The van der Waals surface area contributed by atoms with Crippen LogP contribution in [0.15, 0.2) is 48.7 Å². The maximum atomic E-state index is 4.49. The Morgan fingerprint density at radius 1 is 1.11 bits per heavy atom. The van der Waals surface area contributed by atoms with Crippen LogP contribution in [-0.2, 0) is 0 Å². The summed E-state index contributed by atoms with van der Waals surface area (Å²) < 4.78 is 0. The average Bonchev–Trinajstić information content (AvgIpc) is 2.87. The highest BCUT2D eigenvalue weighted by atomic mass is 15.1. The van der Waals surface area contributed by atoms with Crippen LogP contribution in [0.4, 0.5) is 17.3 Å². The highest BCUT2D eigenvalue weighted by Gasteiger charge is 2.00. The summed E-state index contributed by atoms with van der Waals surface area (Å²) in [5.41, 5.74) is 2.14. The van der Waals surface area contributed by atoms with Gasteiger partial charge in [-0.05, 0) is 42.6 Å². The smallest absolute Gasteiger partial charge is 0.132 e. The number of nitrogens with one attached hydrogen (secondary N) is 3. The molecule has 0 atom stereocenters. The van der Waals surface area contributed by atoms with Gasteiger partial charge in [0, 0.05) is 23.9 Å². The first-order chi connectivity index (χ1) is 9.35. The van der Waals surface area contributed by atoms with Gasteiger partial charge in [-0.3, -0.25) is 0 Å². The van der Waals surface area contributed by atoms with Crippen LogP contribution in [0.2, 0.25) is 0 Å². The molecule has 0 aliphatic carbocycles. The Morgan fingerprint density at radius 3 is 2.89 bits per heavy atom. The van der Waals surface area contributed by atoms with Gasteiger partial charge in [-0.1, -0.05) is 12.1 Å². The molecule has 1 aromatic carbocycles. The van der Waals surface area contributed by atoms with Crippen molar-refractivity contribution < 1.29 is 0 Å². The van der Waals surface area contributed by atoms with Gasteiger partial charge in [0.05, 0.1) is 0 Å². The topological polar surface area (TPSA) is 52.7 Å². The SMILES string of the molecule is CCNc1cccc(Nc2ccc3cc[nH]c3c2)n1. The van der Waals surface area contributed by atoms with Gasteiger partial charge in [-0.15, -0.1) is 0 Å². The number of benzene rings is 1. The van der Waals surface area contributed by atoms with Crippen molar-refractivity contribution in [1.82, 2.24) is 9.97 Å². The van der Waals surface area contributed by atoms with Crippen LogP contribution in [0, 0.1) is 0 Å². The van der Waals surface area contributed by atoms with Gasteiger partial charge in [0.1, 0.15) is 11.6 Å². The number of hydrogen-bond acceptors (Lipinski definition) is 3. The predicted octanol–water partition coefficient (Wildman–Crippen LogP) is 3.74. The highest BCUT2D eigenvalue weighted by molar-refractivity contribution is 5.83. The number of aromatic nitrogens is 2. The number of fused-ring (bicyclic) bond motifs is 1. The molecule has 0 unspecified atom stereocenters. The number of rotatable bonds is 4. The third-order valence-electron chi connectivity index (χ3n) is 2.93. The second kappa shape index (κ2) is 5.02. The number of H-pyrrole nitrogens is 1. The van der Waals surface area contributed by atoms with Crippen molar-refractivity contribution in [2.45, 2.75) is 6.92 Å². The highest BCUT2D eigenvalue weighted by Crippen LogP contribution is 2.21. The predicted molar refractivity (Wildman–Crippen MR) is 80.0 cm³/mol. The largest absolute Gasteiger partial charge is 0.370 e. The van der Waals surface area contributed by atoms with Gasteiger partial charge in [-0.25, -0.2) is 4.98 Å². The van der Waals surface area contributed by atoms with Crippen molar-refractivity contribution >= 4 is 28.2 Å². The second-order valence-electron chi connectivity index (χ2n) is 4.34. The molecule has 3 aromatic rings. The number of pyridine rings is 1. The van der Waals surface area contributed by atoms with Crippen molar-refractivity contribution in [3.63, 3.8) is 0 Å². The molecule has 2 aromatic heterocycles. The molecule has 0 saturated carbocycles. The summed E-state index contributed by atoms with van der Waals surface area (Å²) in [5, 5.41) is 7.72. The molecular formula is C15H16N4. The summed E-state index contributed by atoms with van der Waals surface area (Å²) in [4.78, 5) is 7.70. The lowest BCUT2D eigenvalue weighted by molar-refractivity contribution is 1.16. The van der Waals surface area contributed by atoms with Crippen molar-refractivity contribution in [2.75, 3.05) is 17.2 Å². The Balaban J connectivity index is 1.85. The third kappa shape index (κ3) is 2.52. The van der Waals surface area contributed by atoms with E-state index in [4.69, 9.17) is 0 Å². The monoisotopic (exact) mass is 252 g/mol. The molecule has 96 valence electrons. The van der Waals surface area contributed by atoms with Gasteiger partial charge < -0.3 is 15.6 Å². The van der Waals surface area contributed by atoms with E-state index in [9.17, 15) is 0 Å². The van der Waals surface area contributed by atoms with Gasteiger partial charge in [-0.2, -0.15) is 0 Å². The summed E-state index contributed by atoms with van der Waals surface area (Å²) in [5.74, 6) is 1.72. The fourth-order valence-electron chi connectivity index (χ4n) is 2.06. The average molecular weight is 252 g/mol. The van der Waals surface area contributed by atoms with Crippen LogP contribution in [0.3, 0.4) is 0 Å². The quantitative estimate of drug-likeness (QED) is 0.663. The number of anilines is 3. The minimum Gasteiger partial charge on any atom is -0.370 e. The van der Waals surface area contributed by atoms with Crippen LogP contribution >= 0.6 is 0 Å². The molecule has 0 spiro atoms. The van der Waals surface area contributed by atoms with Gasteiger partial charge in [0.2, 0.25) is 0 Å². The van der Waals surface area contributed by atoms with E-state index in [-0.39, 0.29) is 0 Å². The number of nitrogens with zero attached hydrogens (tertiary/aromatic N) is 1. The van der Waals surface area contributed by atoms with E-state index in [1.165, 1.54) is 5.39 Å². The first-order valence-electron chi connectivity index (χ1n) is 6.40. The van der Waals surface area contributed by atoms with E-state index in [1.807, 2.05) is 24.4 Å². The molecule has 0 amide bonds. The Kier molecular flexibility index (Phi) is 3.06. The first-order valence-corrected chi connectivity index (χ1v) is 6.40. The van der Waals surface area contributed by atoms with E-state index in [0.717, 1.165) is 29.4 Å². The molecule has 0 radical (unpaired) electrons. The molecule has 19 heavy (non-hydrogen) atoms. The van der Waals surface area contributed by atoms with Gasteiger partial charge >= 0.3 is 0 Å². The molecule has 3 rings (SSSR count). The molecule has 0 fully saturated rings. The van der Waals surface area contributed by atoms with E-state index in [0.29, 0.717) is 0 Å². The molecular weight excluding hydrogens is 236 g/mol. The van der Waals surface area contributed by atoms with Crippen LogP contribution in [-0.4, -0.2) is 16.5 Å². The molecule has 4 nitrogen and oxygen atoms in total. The van der Waals surface area contributed by atoms with Crippen molar-refractivity contribution in [3.8, 4) is 0 Å². The van der Waals surface area contributed by atoms with E-state index in [1.54, 1.807) is 0 Å². The lowest BCUT2D eigenvalue weighted by atomic mass is 10.2. The maximum Gasteiger partial charge on any atom is 0.132 e. The van der Waals surface area contributed by atoms with E-state index < -0.39 is 0 Å². The zero-order valence-corrected chi connectivity index (χ0v) is 10.8. The van der Waals surface area contributed by atoms with Crippen molar-refractivity contribution in [2.24, 2.45) is 0 Å². The van der Waals surface area contributed by atoms with E-state index >= 15 is 0 Å². The van der Waals surface area contributed by atoms with Gasteiger partial charge in [0.25, 0.3) is 0 Å². The lowest BCUT2D eigenvalue weighted by Crippen LogP contribution is -2.01. The normalized spacial score (nSPS) is 10.6. The Bertz CT molecular complexity index is 687. The van der Waals surface area contributed by atoms with Crippen molar-refractivity contribution in [1.29, 1.82) is 0 Å². The molecule has 4 heteroatoms. The Hall–Kier alpha value is -2.49. The minimum absolute atomic E-state index is 0.837. The van der Waals surface area contributed by atoms with Crippen molar-refractivity contribution in [3.05, 3.63) is 48.7 Å². The van der Waals surface area contributed by atoms with Crippen LogP contribution < -0.4 is 10.6 Å². The standard InChI is InChI=1S/C15H16N4/c1-2-16-14-4-3-5-15(19-14)18-12-7-6-11-8-9-17-13(11)10-12/h3-10,17H,2H2,1H3,(H2,16,18,19). The number of hydrogen-bond donors (Lipinski definition) is 3. The van der Waals surface area contributed by atoms with Crippen LogP contribution in [0.25, 0.3) is 10.9 Å². The summed E-state index contributed by atoms with van der Waals surface area (Å²) >= 11 is 0. The fraction of sp³-hybridized carbons (Fsp3) is 0.133. The zero-order chi connectivity index (χ0) is 13.1. The summed E-state index contributed by atoms with van der Waals surface area (Å²) in [7, 11) is 0. The van der Waals surface area contributed by atoms with Gasteiger partial charge in [0.15, 0.2) is 0 Å². The Labute approximate surface area is 111 Å². The maximum absolute atomic E-state index is 4.49. The fourth-order valence-corrected chi connectivity index (χ4v) is 2.06. The molecule has 0 saturated heterocycles. The zero-order valence-electron chi connectivity index (χ0n) is 10.8. The van der Waals surface area contributed by atoms with E-state index in [2.05, 4.69) is 51.8 Å². The molecule has 2 heterocycles.